The summed E-state index contributed by atoms with van der Waals surface area (Å²) in [6, 6.07) is 4.25. The van der Waals surface area contributed by atoms with E-state index in [1.54, 1.807) is 13.3 Å². The number of guanidine groups is 1. The maximum Gasteiger partial charge on any atom is 0.221 e. The molecule has 30 heavy (non-hydrogen) atoms. The Bertz CT molecular complexity index is 657. The number of primary amides is 1. The fraction of sp³-hybridized carbons (Fsp3) is 0.727. The summed E-state index contributed by atoms with van der Waals surface area (Å²) in [5.74, 6) is 1.67. The Morgan fingerprint density at radius 3 is 2.80 bits per heavy atom. The van der Waals surface area contributed by atoms with E-state index in [9.17, 15) is 4.79 Å². The van der Waals surface area contributed by atoms with E-state index in [4.69, 9.17) is 10.2 Å². The Morgan fingerprint density at radius 1 is 1.27 bits per heavy atom. The maximum absolute atomic E-state index is 11.4. The normalized spacial score (nSPS) is 22.6. The lowest BCUT2D eigenvalue weighted by Crippen LogP contribution is -2.45. The molecule has 8 heteroatoms. The second kappa shape index (κ2) is 12.0. The Morgan fingerprint density at radius 2 is 2.10 bits per heavy atom. The number of carbonyl (C=O) groups is 1. The summed E-state index contributed by atoms with van der Waals surface area (Å²) >= 11 is 0. The van der Waals surface area contributed by atoms with E-state index in [1.165, 1.54) is 19.3 Å². The second-order valence-electron chi connectivity index (χ2n) is 8.40. The molecular formula is C22H38N6O2. The summed E-state index contributed by atoms with van der Waals surface area (Å²) in [6.45, 7) is 6.64. The zero-order chi connectivity index (χ0) is 21.2. The third kappa shape index (κ3) is 6.74. The molecule has 0 saturated carbocycles. The summed E-state index contributed by atoms with van der Waals surface area (Å²) in [4.78, 5) is 20.7. The van der Waals surface area contributed by atoms with Gasteiger partial charge in [-0.2, -0.15) is 0 Å². The minimum Gasteiger partial charge on any atom is -0.468 e. The highest BCUT2D eigenvalue weighted by molar-refractivity contribution is 5.79. The smallest absolute Gasteiger partial charge is 0.221 e. The van der Waals surface area contributed by atoms with Crippen LogP contribution in [0.4, 0.5) is 0 Å². The highest BCUT2D eigenvalue weighted by Crippen LogP contribution is 2.24. The van der Waals surface area contributed by atoms with Crippen LogP contribution in [0.1, 0.15) is 50.3 Å². The van der Waals surface area contributed by atoms with Gasteiger partial charge in [-0.05, 0) is 70.4 Å². The predicted molar refractivity (Wildman–Crippen MR) is 119 cm³/mol. The van der Waals surface area contributed by atoms with E-state index in [0.29, 0.717) is 0 Å². The molecule has 0 bridgehead atoms. The van der Waals surface area contributed by atoms with Crippen molar-refractivity contribution in [3.8, 4) is 0 Å². The van der Waals surface area contributed by atoms with Crippen molar-refractivity contribution in [3.05, 3.63) is 24.2 Å². The molecule has 1 amide bonds. The molecule has 2 atom stereocenters. The summed E-state index contributed by atoms with van der Waals surface area (Å²) in [5.41, 5.74) is 5.48. The van der Waals surface area contributed by atoms with Crippen molar-refractivity contribution in [2.45, 2.75) is 44.6 Å². The molecule has 2 fully saturated rings. The molecule has 168 valence electrons. The largest absolute Gasteiger partial charge is 0.468 e. The minimum absolute atomic E-state index is 0.00876. The summed E-state index contributed by atoms with van der Waals surface area (Å²) < 4.78 is 5.73. The average molecular weight is 419 g/mol. The SMILES string of the molecule is CN=C(NCCCN1CCCC(C(N)=O)C1)NCC(c1ccco1)N1CCCCC1. The van der Waals surface area contributed by atoms with Gasteiger partial charge in [0, 0.05) is 26.7 Å². The van der Waals surface area contributed by atoms with E-state index < -0.39 is 0 Å². The topological polar surface area (TPSA) is 99.1 Å². The van der Waals surface area contributed by atoms with Crippen molar-refractivity contribution in [2.75, 3.05) is 52.9 Å². The molecule has 3 rings (SSSR count). The van der Waals surface area contributed by atoms with Gasteiger partial charge >= 0.3 is 0 Å². The first-order valence-corrected chi connectivity index (χ1v) is 11.4. The Labute approximate surface area is 180 Å². The van der Waals surface area contributed by atoms with Crippen molar-refractivity contribution in [1.82, 2.24) is 20.4 Å². The number of amides is 1. The number of nitrogens with one attached hydrogen (secondary N) is 2. The summed E-state index contributed by atoms with van der Waals surface area (Å²) in [7, 11) is 1.81. The van der Waals surface area contributed by atoms with E-state index in [-0.39, 0.29) is 17.9 Å². The Balaban J connectivity index is 1.40. The Kier molecular flexibility index (Phi) is 9.01. The van der Waals surface area contributed by atoms with Crippen LogP contribution in [0.2, 0.25) is 0 Å². The van der Waals surface area contributed by atoms with Gasteiger partial charge in [-0.1, -0.05) is 6.42 Å². The van der Waals surface area contributed by atoms with Crippen LogP contribution in [0.15, 0.2) is 27.8 Å². The first-order valence-electron chi connectivity index (χ1n) is 11.4. The van der Waals surface area contributed by atoms with Crippen LogP contribution in [0.5, 0.6) is 0 Å². The van der Waals surface area contributed by atoms with Gasteiger partial charge in [0.15, 0.2) is 5.96 Å². The number of aliphatic imine (C=N–C) groups is 1. The monoisotopic (exact) mass is 418 g/mol. The number of furan rings is 1. The van der Waals surface area contributed by atoms with Crippen LogP contribution in [0.25, 0.3) is 0 Å². The molecule has 2 aliphatic rings. The third-order valence-electron chi connectivity index (χ3n) is 6.24. The van der Waals surface area contributed by atoms with Crippen molar-refractivity contribution >= 4 is 11.9 Å². The molecule has 1 aromatic heterocycles. The van der Waals surface area contributed by atoms with Crippen LogP contribution in [0, 0.1) is 5.92 Å². The molecule has 4 N–H and O–H groups in total. The number of nitrogens with zero attached hydrogens (tertiary/aromatic N) is 3. The van der Waals surface area contributed by atoms with Crippen molar-refractivity contribution in [3.63, 3.8) is 0 Å². The standard InChI is InChI=1S/C22H38N6O2/c1-24-22(25-10-7-12-27-11-5-8-18(17-27)21(23)29)26-16-19(20-9-6-15-30-20)28-13-3-2-4-14-28/h6,9,15,18-19H,2-5,7-8,10-14,16-17H2,1H3,(H2,23,29)(H2,24,25,26). The van der Waals surface area contributed by atoms with Crippen LogP contribution in [0.3, 0.4) is 0 Å². The minimum atomic E-state index is -0.165. The van der Waals surface area contributed by atoms with Crippen LogP contribution in [-0.2, 0) is 4.79 Å². The van der Waals surface area contributed by atoms with E-state index in [1.807, 2.05) is 6.07 Å². The van der Waals surface area contributed by atoms with Gasteiger partial charge in [0.2, 0.25) is 5.91 Å². The molecule has 2 saturated heterocycles. The highest BCUT2D eigenvalue weighted by atomic mass is 16.3. The van der Waals surface area contributed by atoms with Crippen LogP contribution in [-0.4, -0.2) is 74.5 Å². The zero-order valence-corrected chi connectivity index (χ0v) is 18.3. The van der Waals surface area contributed by atoms with Gasteiger partial charge in [0.05, 0.1) is 18.2 Å². The van der Waals surface area contributed by atoms with E-state index in [0.717, 1.165) is 76.8 Å². The Hall–Kier alpha value is -2.06. The lowest BCUT2D eigenvalue weighted by atomic mass is 9.97. The average Bonchev–Trinajstić information content (AvgIpc) is 3.31. The highest BCUT2D eigenvalue weighted by Gasteiger charge is 2.25. The van der Waals surface area contributed by atoms with Crippen LogP contribution < -0.4 is 16.4 Å². The first kappa shape index (κ1) is 22.6. The lowest BCUT2D eigenvalue weighted by molar-refractivity contribution is -0.123. The van der Waals surface area contributed by atoms with Crippen molar-refractivity contribution in [1.29, 1.82) is 0 Å². The number of likely N-dealkylation sites (tertiary alicyclic amines) is 2. The summed E-state index contributed by atoms with van der Waals surface area (Å²) in [5, 5.41) is 6.90. The fourth-order valence-corrected chi connectivity index (χ4v) is 4.53. The maximum atomic E-state index is 11.4. The first-order chi connectivity index (χ1) is 14.7. The number of nitrogens with two attached hydrogens (primary N) is 1. The molecule has 1 aromatic rings. The molecule has 8 nitrogen and oxygen atoms in total. The predicted octanol–water partition coefficient (Wildman–Crippen LogP) is 1.56. The number of rotatable bonds is 9. The van der Waals surface area contributed by atoms with Crippen molar-refractivity contribution < 1.29 is 9.21 Å². The molecule has 0 radical (unpaired) electrons. The van der Waals surface area contributed by atoms with Gasteiger partial charge in [0.1, 0.15) is 5.76 Å². The summed E-state index contributed by atoms with van der Waals surface area (Å²) in [6.07, 6.45) is 8.54. The fourth-order valence-electron chi connectivity index (χ4n) is 4.53. The van der Waals surface area contributed by atoms with Gasteiger partial charge < -0.3 is 25.7 Å². The quantitative estimate of drug-likeness (QED) is 0.320. The van der Waals surface area contributed by atoms with Gasteiger partial charge in [-0.25, -0.2) is 0 Å². The number of hydrogen-bond donors (Lipinski definition) is 3. The van der Waals surface area contributed by atoms with Crippen molar-refractivity contribution in [2.24, 2.45) is 16.6 Å². The second-order valence-corrected chi connectivity index (χ2v) is 8.40. The molecule has 0 aliphatic carbocycles. The molecule has 0 spiro atoms. The zero-order valence-electron chi connectivity index (χ0n) is 18.3. The molecular weight excluding hydrogens is 380 g/mol. The molecule has 2 unspecified atom stereocenters. The van der Waals surface area contributed by atoms with E-state index >= 15 is 0 Å². The molecule has 3 heterocycles. The van der Waals surface area contributed by atoms with Gasteiger partial charge in [-0.15, -0.1) is 0 Å². The molecule has 0 aromatic carbocycles. The third-order valence-corrected chi connectivity index (χ3v) is 6.24. The lowest BCUT2D eigenvalue weighted by Gasteiger charge is -2.33. The van der Waals surface area contributed by atoms with E-state index in [2.05, 4.69) is 31.5 Å². The number of piperidine rings is 2. The molecule has 2 aliphatic heterocycles. The number of hydrogen-bond acceptors (Lipinski definition) is 5. The van der Waals surface area contributed by atoms with Gasteiger partial charge in [0.25, 0.3) is 0 Å². The van der Waals surface area contributed by atoms with Crippen LogP contribution >= 0.6 is 0 Å². The van der Waals surface area contributed by atoms with Gasteiger partial charge in [-0.3, -0.25) is 14.7 Å². The number of carbonyl (C=O) groups excluding carboxylic acids is 1.